The SMILES string of the molecule is Cc1cc2c(N3CC4CCC(O)C4C3)nc(N)nc2s1. The minimum absolute atomic E-state index is 0.149. The number of aliphatic hydroxyl groups is 1. The van der Waals surface area contributed by atoms with Crippen LogP contribution in [0.3, 0.4) is 0 Å². The number of rotatable bonds is 1. The van der Waals surface area contributed by atoms with Crippen LogP contribution >= 0.6 is 11.3 Å². The van der Waals surface area contributed by atoms with Crippen LogP contribution in [0.25, 0.3) is 10.2 Å². The zero-order chi connectivity index (χ0) is 13.9. The number of aliphatic hydroxyl groups excluding tert-OH is 1. The Labute approximate surface area is 121 Å². The van der Waals surface area contributed by atoms with Gasteiger partial charge in [-0.2, -0.15) is 4.98 Å². The minimum atomic E-state index is -0.149. The van der Waals surface area contributed by atoms with Gasteiger partial charge in [0.25, 0.3) is 0 Å². The van der Waals surface area contributed by atoms with Gasteiger partial charge in [-0.15, -0.1) is 11.3 Å². The number of nitrogen functional groups attached to an aromatic ring is 1. The minimum Gasteiger partial charge on any atom is -0.393 e. The lowest BCUT2D eigenvalue weighted by atomic mass is 10.00. The fourth-order valence-corrected chi connectivity index (χ4v) is 4.57. The van der Waals surface area contributed by atoms with Gasteiger partial charge >= 0.3 is 0 Å². The highest BCUT2D eigenvalue weighted by atomic mass is 32.1. The van der Waals surface area contributed by atoms with Gasteiger partial charge < -0.3 is 15.7 Å². The first kappa shape index (κ1) is 12.3. The van der Waals surface area contributed by atoms with E-state index in [-0.39, 0.29) is 6.10 Å². The van der Waals surface area contributed by atoms with E-state index in [9.17, 15) is 5.11 Å². The Balaban J connectivity index is 1.75. The Bertz CT molecular complexity index is 670. The number of thiophene rings is 1. The second kappa shape index (κ2) is 4.30. The number of aromatic nitrogens is 2. The summed E-state index contributed by atoms with van der Waals surface area (Å²) in [6.45, 7) is 3.93. The zero-order valence-corrected chi connectivity index (χ0v) is 12.2. The highest BCUT2D eigenvalue weighted by Crippen LogP contribution is 2.41. The maximum absolute atomic E-state index is 10.1. The van der Waals surface area contributed by atoms with Crippen molar-refractivity contribution >= 4 is 33.3 Å². The molecular formula is C14H18N4OS. The van der Waals surface area contributed by atoms with E-state index in [4.69, 9.17) is 5.73 Å². The summed E-state index contributed by atoms with van der Waals surface area (Å²) in [5.41, 5.74) is 5.85. The van der Waals surface area contributed by atoms with Crippen molar-refractivity contribution in [2.75, 3.05) is 23.7 Å². The molecule has 3 unspecified atom stereocenters. The van der Waals surface area contributed by atoms with E-state index in [0.29, 0.717) is 17.8 Å². The van der Waals surface area contributed by atoms with Crippen LogP contribution < -0.4 is 10.6 Å². The van der Waals surface area contributed by atoms with E-state index in [1.54, 1.807) is 11.3 Å². The molecule has 2 aliphatic rings. The Hall–Kier alpha value is -1.40. The van der Waals surface area contributed by atoms with Crippen molar-refractivity contribution < 1.29 is 5.11 Å². The van der Waals surface area contributed by atoms with Crippen molar-refractivity contribution in [3.63, 3.8) is 0 Å². The van der Waals surface area contributed by atoms with Gasteiger partial charge in [0.1, 0.15) is 10.6 Å². The van der Waals surface area contributed by atoms with E-state index >= 15 is 0 Å². The summed E-state index contributed by atoms with van der Waals surface area (Å²) < 4.78 is 0. The molecular weight excluding hydrogens is 272 g/mol. The Morgan fingerprint density at radius 3 is 3.00 bits per heavy atom. The molecule has 0 spiro atoms. The molecule has 5 nitrogen and oxygen atoms in total. The molecule has 106 valence electrons. The molecule has 0 aromatic carbocycles. The molecule has 3 atom stereocenters. The standard InChI is InChI=1S/C14H18N4OS/c1-7-4-9-12(16-14(15)17-13(9)20-7)18-5-8-2-3-11(19)10(8)6-18/h4,8,10-11,19H,2-3,5-6H2,1H3,(H2,15,16,17). The number of fused-ring (bicyclic) bond motifs is 2. The third-order valence-electron chi connectivity index (χ3n) is 4.63. The third-order valence-corrected chi connectivity index (χ3v) is 5.58. The van der Waals surface area contributed by atoms with Crippen molar-refractivity contribution in [2.45, 2.75) is 25.9 Å². The number of nitrogens with zero attached hydrogens (tertiary/aromatic N) is 3. The summed E-state index contributed by atoms with van der Waals surface area (Å²) in [6.07, 6.45) is 1.92. The Kier molecular flexibility index (Phi) is 2.65. The zero-order valence-electron chi connectivity index (χ0n) is 11.4. The van der Waals surface area contributed by atoms with Crippen LogP contribution in [0.2, 0.25) is 0 Å². The van der Waals surface area contributed by atoms with Crippen molar-refractivity contribution in [1.29, 1.82) is 0 Å². The highest BCUT2D eigenvalue weighted by Gasteiger charge is 2.42. The summed E-state index contributed by atoms with van der Waals surface area (Å²) >= 11 is 1.65. The van der Waals surface area contributed by atoms with Gasteiger partial charge in [0.2, 0.25) is 5.95 Å². The quantitative estimate of drug-likeness (QED) is 0.837. The van der Waals surface area contributed by atoms with Crippen molar-refractivity contribution in [2.24, 2.45) is 11.8 Å². The molecule has 3 N–H and O–H groups in total. The smallest absolute Gasteiger partial charge is 0.223 e. The molecule has 6 heteroatoms. The molecule has 3 heterocycles. The Morgan fingerprint density at radius 2 is 2.20 bits per heavy atom. The Morgan fingerprint density at radius 1 is 1.35 bits per heavy atom. The number of anilines is 2. The van der Waals surface area contributed by atoms with E-state index in [0.717, 1.165) is 42.0 Å². The van der Waals surface area contributed by atoms with Gasteiger partial charge in [-0.1, -0.05) is 0 Å². The highest BCUT2D eigenvalue weighted by molar-refractivity contribution is 7.18. The first-order valence-electron chi connectivity index (χ1n) is 7.08. The molecule has 4 rings (SSSR count). The largest absolute Gasteiger partial charge is 0.393 e. The average Bonchev–Trinajstić information content (AvgIpc) is 3.04. The number of hydrogen-bond donors (Lipinski definition) is 2. The molecule has 1 saturated heterocycles. The summed E-state index contributed by atoms with van der Waals surface area (Å²) in [6, 6.07) is 2.14. The van der Waals surface area contributed by atoms with Crippen LogP contribution in [0.5, 0.6) is 0 Å². The van der Waals surface area contributed by atoms with Crippen LogP contribution in [-0.4, -0.2) is 34.3 Å². The van der Waals surface area contributed by atoms with Crippen molar-refractivity contribution in [3.8, 4) is 0 Å². The van der Waals surface area contributed by atoms with Crippen LogP contribution in [0, 0.1) is 18.8 Å². The molecule has 2 fully saturated rings. The van der Waals surface area contributed by atoms with Gasteiger partial charge in [-0.25, -0.2) is 4.98 Å². The summed E-state index contributed by atoms with van der Waals surface area (Å²) in [5.74, 6) is 2.27. The average molecular weight is 290 g/mol. The number of hydrogen-bond acceptors (Lipinski definition) is 6. The summed E-state index contributed by atoms with van der Waals surface area (Å²) in [4.78, 5) is 13.3. The molecule has 0 bridgehead atoms. The second-order valence-electron chi connectivity index (χ2n) is 5.95. The van der Waals surface area contributed by atoms with Crippen LogP contribution in [0.15, 0.2) is 6.07 Å². The van der Waals surface area contributed by atoms with Crippen LogP contribution in [0.1, 0.15) is 17.7 Å². The van der Waals surface area contributed by atoms with E-state index in [1.165, 1.54) is 4.88 Å². The monoisotopic (exact) mass is 290 g/mol. The summed E-state index contributed by atoms with van der Waals surface area (Å²) in [7, 11) is 0. The molecule has 1 aliphatic carbocycles. The predicted molar refractivity (Wildman–Crippen MR) is 81.0 cm³/mol. The van der Waals surface area contributed by atoms with Gasteiger partial charge in [0.05, 0.1) is 11.5 Å². The first-order chi connectivity index (χ1) is 9.61. The maximum atomic E-state index is 10.1. The lowest BCUT2D eigenvalue weighted by Crippen LogP contribution is -2.25. The lowest BCUT2D eigenvalue weighted by Gasteiger charge is -2.20. The fourth-order valence-electron chi connectivity index (χ4n) is 3.69. The van der Waals surface area contributed by atoms with E-state index < -0.39 is 0 Å². The van der Waals surface area contributed by atoms with Gasteiger partial charge in [-0.3, -0.25) is 0 Å². The van der Waals surface area contributed by atoms with E-state index in [1.807, 2.05) is 0 Å². The van der Waals surface area contributed by atoms with Crippen molar-refractivity contribution in [1.82, 2.24) is 9.97 Å². The van der Waals surface area contributed by atoms with Gasteiger partial charge in [0, 0.05) is 23.9 Å². The van der Waals surface area contributed by atoms with Crippen molar-refractivity contribution in [3.05, 3.63) is 10.9 Å². The maximum Gasteiger partial charge on any atom is 0.223 e. The second-order valence-corrected chi connectivity index (χ2v) is 7.19. The fraction of sp³-hybridized carbons (Fsp3) is 0.571. The van der Waals surface area contributed by atoms with Gasteiger partial charge in [-0.05, 0) is 31.7 Å². The van der Waals surface area contributed by atoms with Crippen LogP contribution in [0.4, 0.5) is 11.8 Å². The predicted octanol–water partition coefficient (Wildman–Crippen LogP) is 1.79. The first-order valence-corrected chi connectivity index (χ1v) is 7.90. The normalized spacial score (nSPS) is 29.3. The summed E-state index contributed by atoms with van der Waals surface area (Å²) in [5, 5.41) is 11.1. The third kappa shape index (κ3) is 1.78. The molecule has 20 heavy (non-hydrogen) atoms. The van der Waals surface area contributed by atoms with Crippen LogP contribution in [-0.2, 0) is 0 Å². The molecule has 0 radical (unpaired) electrons. The lowest BCUT2D eigenvalue weighted by molar-refractivity contribution is 0.133. The molecule has 1 aliphatic heterocycles. The number of aryl methyl sites for hydroxylation is 1. The molecule has 2 aromatic heterocycles. The molecule has 1 saturated carbocycles. The van der Waals surface area contributed by atoms with Gasteiger partial charge in [0.15, 0.2) is 0 Å². The van der Waals surface area contributed by atoms with E-state index in [2.05, 4.69) is 27.9 Å². The molecule has 0 amide bonds. The molecule has 2 aromatic rings. The topological polar surface area (TPSA) is 75.3 Å². The number of nitrogens with two attached hydrogens (primary N) is 1.